The minimum absolute atomic E-state index is 0.131. The number of amides is 1. The summed E-state index contributed by atoms with van der Waals surface area (Å²) in [6.45, 7) is 3.17. The van der Waals surface area contributed by atoms with Gasteiger partial charge in [0, 0.05) is 0 Å². The second-order valence-corrected chi connectivity index (χ2v) is 7.10. The molecule has 0 saturated heterocycles. The molecule has 1 N–H and O–H groups in total. The van der Waals surface area contributed by atoms with Crippen LogP contribution in [0.4, 0.5) is 0 Å². The number of hydrogen-bond acceptors (Lipinski definition) is 5. The molecule has 0 aliphatic carbocycles. The molecule has 0 spiro atoms. The molecule has 1 amide bonds. The van der Waals surface area contributed by atoms with E-state index in [4.69, 9.17) is 14.2 Å². The zero-order valence-electron chi connectivity index (χ0n) is 18.2. The predicted molar refractivity (Wildman–Crippen MR) is 125 cm³/mol. The molecule has 0 aromatic heterocycles. The molecule has 0 aliphatic rings. The summed E-state index contributed by atoms with van der Waals surface area (Å²) < 4.78 is 16.9. The Balaban J connectivity index is 1.40. The van der Waals surface area contributed by atoms with Crippen molar-refractivity contribution in [3.8, 4) is 17.2 Å². The first-order valence-corrected chi connectivity index (χ1v) is 10.7. The Labute approximate surface area is 188 Å². The minimum Gasteiger partial charge on any atom is -0.494 e. The normalized spacial score (nSPS) is 10.7. The Kier molecular flexibility index (Phi) is 9.15. The van der Waals surface area contributed by atoms with E-state index >= 15 is 0 Å². The van der Waals surface area contributed by atoms with E-state index < -0.39 is 0 Å². The second-order valence-electron chi connectivity index (χ2n) is 7.10. The molecule has 0 heterocycles. The molecule has 0 aliphatic heterocycles. The summed E-state index contributed by atoms with van der Waals surface area (Å²) in [7, 11) is 0. The monoisotopic (exact) mass is 432 g/mol. The molecule has 0 bridgehead atoms. The van der Waals surface area contributed by atoms with E-state index in [-0.39, 0.29) is 12.5 Å². The summed E-state index contributed by atoms with van der Waals surface area (Å²) >= 11 is 0. The highest BCUT2D eigenvalue weighted by molar-refractivity contribution is 5.83. The molecular formula is C26H28N2O4. The topological polar surface area (TPSA) is 69.2 Å². The van der Waals surface area contributed by atoms with Gasteiger partial charge in [-0.3, -0.25) is 4.79 Å². The first kappa shape index (κ1) is 22.9. The van der Waals surface area contributed by atoms with Crippen LogP contribution in [0.25, 0.3) is 0 Å². The highest BCUT2D eigenvalue weighted by Crippen LogP contribution is 2.18. The SMILES string of the molecule is CCCCOc1ccc(OCC(=O)NN=Cc2cccc(OCc3ccccc3)c2)cc1. The minimum atomic E-state index is -0.346. The van der Waals surface area contributed by atoms with Crippen LogP contribution in [0, 0.1) is 0 Å². The number of nitrogens with zero attached hydrogens (tertiary/aromatic N) is 1. The van der Waals surface area contributed by atoms with Crippen LogP contribution in [0.3, 0.4) is 0 Å². The Bertz CT molecular complexity index is 988. The highest BCUT2D eigenvalue weighted by atomic mass is 16.5. The number of carbonyl (C=O) groups is 1. The molecule has 3 aromatic carbocycles. The Hall–Kier alpha value is -3.80. The molecule has 0 saturated carbocycles. The van der Waals surface area contributed by atoms with Crippen LogP contribution in [0.5, 0.6) is 17.2 Å². The highest BCUT2D eigenvalue weighted by Gasteiger charge is 2.02. The number of carbonyl (C=O) groups excluding carboxylic acids is 1. The Morgan fingerprint density at radius 2 is 1.62 bits per heavy atom. The fourth-order valence-electron chi connectivity index (χ4n) is 2.75. The summed E-state index contributed by atoms with van der Waals surface area (Å²) in [5.41, 5.74) is 4.37. The molecule has 3 rings (SSSR count). The third-order valence-electron chi connectivity index (χ3n) is 4.47. The third kappa shape index (κ3) is 8.14. The molecule has 166 valence electrons. The predicted octanol–water partition coefficient (Wildman–Crippen LogP) is 4.97. The van der Waals surface area contributed by atoms with Gasteiger partial charge in [0.15, 0.2) is 6.61 Å². The van der Waals surface area contributed by atoms with Gasteiger partial charge < -0.3 is 14.2 Å². The number of nitrogens with one attached hydrogen (secondary N) is 1. The van der Waals surface area contributed by atoms with Gasteiger partial charge in [0.25, 0.3) is 5.91 Å². The number of rotatable bonds is 12. The molecule has 6 heteroatoms. The van der Waals surface area contributed by atoms with Crippen LogP contribution in [0.2, 0.25) is 0 Å². The van der Waals surface area contributed by atoms with Gasteiger partial charge in [0.05, 0.1) is 12.8 Å². The molecule has 32 heavy (non-hydrogen) atoms. The Morgan fingerprint density at radius 3 is 2.38 bits per heavy atom. The first-order chi connectivity index (χ1) is 15.7. The standard InChI is InChI=1S/C26H28N2O4/c1-2-3-16-30-23-12-14-24(15-13-23)32-20-26(29)28-27-18-22-10-7-11-25(17-22)31-19-21-8-5-4-6-9-21/h4-15,17-18H,2-3,16,19-20H2,1H3,(H,28,29). The van der Waals surface area contributed by atoms with Gasteiger partial charge in [-0.25, -0.2) is 5.43 Å². The first-order valence-electron chi connectivity index (χ1n) is 10.7. The van der Waals surface area contributed by atoms with E-state index in [0.717, 1.165) is 35.5 Å². The maximum Gasteiger partial charge on any atom is 0.277 e. The van der Waals surface area contributed by atoms with E-state index in [1.165, 1.54) is 0 Å². The van der Waals surface area contributed by atoms with Crippen LogP contribution in [0.1, 0.15) is 30.9 Å². The van der Waals surface area contributed by atoms with Crippen LogP contribution in [0.15, 0.2) is 84.0 Å². The lowest BCUT2D eigenvalue weighted by atomic mass is 10.2. The van der Waals surface area contributed by atoms with Crippen molar-refractivity contribution < 1.29 is 19.0 Å². The lowest BCUT2D eigenvalue weighted by Crippen LogP contribution is -2.24. The maximum absolute atomic E-state index is 12.0. The van der Waals surface area contributed by atoms with E-state index in [2.05, 4.69) is 17.5 Å². The summed E-state index contributed by atoms with van der Waals surface area (Å²) in [6, 6.07) is 24.7. The van der Waals surface area contributed by atoms with Crippen LogP contribution >= 0.6 is 0 Å². The van der Waals surface area contributed by atoms with Crippen LogP contribution in [-0.2, 0) is 11.4 Å². The van der Waals surface area contributed by atoms with Crippen LogP contribution in [-0.4, -0.2) is 25.3 Å². The molecule has 0 radical (unpaired) electrons. The van der Waals surface area contributed by atoms with Crippen molar-refractivity contribution >= 4 is 12.1 Å². The summed E-state index contributed by atoms with van der Waals surface area (Å²) in [5, 5.41) is 3.99. The summed E-state index contributed by atoms with van der Waals surface area (Å²) in [6.07, 6.45) is 3.67. The van der Waals surface area contributed by atoms with Crippen molar-refractivity contribution in [2.24, 2.45) is 5.10 Å². The van der Waals surface area contributed by atoms with Gasteiger partial charge in [-0.1, -0.05) is 55.8 Å². The summed E-state index contributed by atoms with van der Waals surface area (Å²) in [4.78, 5) is 12.0. The van der Waals surface area contributed by atoms with Gasteiger partial charge in [-0.2, -0.15) is 5.10 Å². The largest absolute Gasteiger partial charge is 0.494 e. The molecule has 3 aromatic rings. The van der Waals surface area contributed by atoms with E-state index in [1.54, 1.807) is 18.3 Å². The van der Waals surface area contributed by atoms with Gasteiger partial charge in [-0.05, 0) is 53.9 Å². The van der Waals surface area contributed by atoms with E-state index in [1.807, 2.05) is 66.7 Å². The van der Waals surface area contributed by atoms with Gasteiger partial charge >= 0.3 is 0 Å². The molecule has 6 nitrogen and oxygen atoms in total. The van der Waals surface area contributed by atoms with Crippen molar-refractivity contribution in [3.05, 3.63) is 90.0 Å². The van der Waals surface area contributed by atoms with E-state index in [0.29, 0.717) is 19.0 Å². The lowest BCUT2D eigenvalue weighted by molar-refractivity contribution is -0.123. The molecule has 0 atom stereocenters. The number of ether oxygens (including phenoxy) is 3. The van der Waals surface area contributed by atoms with Crippen LogP contribution < -0.4 is 19.6 Å². The molecule has 0 fully saturated rings. The van der Waals surface area contributed by atoms with Gasteiger partial charge in [0.2, 0.25) is 0 Å². The molecule has 0 unspecified atom stereocenters. The van der Waals surface area contributed by atoms with Crippen molar-refractivity contribution in [2.75, 3.05) is 13.2 Å². The fraction of sp³-hybridized carbons (Fsp3) is 0.231. The quantitative estimate of drug-likeness (QED) is 0.249. The average Bonchev–Trinajstić information content (AvgIpc) is 2.83. The number of hydrazone groups is 1. The van der Waals surface area contributed by atoms with Crippen molar-refractivity contribution in [2.45, 2.75) is 26.4 Å². The Morgan fingerprint density at radius 1 is 0.875 bits per heavy atom. The third-order valence-corrected chi connectivity index (χ3v) is 4.47. The zero-order valence-corrected chi connectivity index (χ0v) is 18.2. The van der Waals surface area contributed by atoms with Gasteiger partial charge in [0.1, 0.15) is 23.9 Å². The molecular weight excluding hydrogens is 404 g/mol. The van der Waals surface area contributed by atoms with Crippen molar-refractivity contribution in [1.29, 1.82) is 0 Å². The number of unbranched alkanes of at least 4 members (excludes halogenated alkanes) is 1. The zero-order chi connectivity index (χ0) is 22.4. The fourth-order valence-corrected chi connectivity index (χ4v) is 2.75. The second kappa shape index (κ2) is 12.8. The van der Waals surface area contributed by atoms with Crippen molar-refractivity contribution in [3.63, 3.8) is 0 Å². The summed E-state index contributed by atoms with van der Waals surface area (Å²) in [5.74, 6) is 1.76. The number of benzene rings is 3. The lowest BCUT2D eigenvalue weighted by Gasteiger charge is -2.08. The van der Waals surface area contributed by atoms with Crippen molar-refractivity contribution in [1.82, 2.24) is 5.43 Å². The smallest absolute Gasteiger partial charge is 0.277 e. The average molecular weight is 433 g/mol. The van der Waals surface area contributed by atoms with E-state index in [9.17, 15) is 4.79 Å². The van der Waals surface area contributed by atoms with Gasteiger partial charge in [-0.15, -0.1) is 0 Å². The maximum atomic E-state index is 12.0. The number of hydrogen-bond donors (Lipinski definition) is 1.